The lowest BCUT2D eigenvalue weighted by Crippen LogP contribution is -2.32. The molecular formula is C13H24N2S. The van der Waals surface area contributed by atoms with E-state index in [-0.39, 0.29) is 0 Å². The van der Waals surface area contributed by atoms with Crippen LogP contribution in [0, 0.1) is 18.8 Å². The number of nitrogens with zero attached hydrogens (tertiary/aromatic N) is 1. The van der Waals surface area contributed by atoms with Crippen molar-refractivity contribution in [2.75, 3.05) is 6.54 Å². The second kappa shape index (κ2) is 6.36. The van der Waals surface area contributed by atoms with Gasteiger partial charge in [-0.3, -0.25) is 0 Å². The number of thiazole rings is 1. The lowest BCUT2D eigenvalue weighted by Gasteiger charge is -2.22. The largest absolute Gasteiger partial charge is 0.314 e. The molecule has 0 aliphatic heterocycles. The van der Waals surface area contributed by atoms with Crippen LogP contribution >= 0.6 is 11.3 Å². The van der Waals surface area contributed by atoms with E-state index in [9.17, 15) is 0 Å². The van der Waals surface area contributed by atoms with Crippen molar-refractivity contribution in [2.24, 2.45) is 11.8 Å². The third-order valence-electron chi connectivity index (χ3n) is 2.86. The van der Waals surface area contributed by atoms with Crippen molar-refractivity contribution in [3.8, 4) is 0 Å². The summed E-state index contributed by atoms with van der Waals surface area (Å²) >= 11 is 1.83. The third-order valence-corrected chi connectivity index (χ3v) is 3.80. The molecule has 0 amide bonds. The van der Waals surface area contributed by atoms with Gasteiger partial charge in [-0.15, -0.1) is 11.3 Å². The van der Waals surface area contributed by atoms with Gasteiger partial charge in [-0.2, -0.15) is 0 Å². The fourth-order valence-corrected chi connectivity index (χ4v) is 2.58. The van der Waals surface area contributed by atoms with Crippen molar-refractivity contribution in [1.29, 1.82) is 0 Å². The van der Waals surface area contributed by atoms with E-state index in [2.05, 4.69) is 44.9 Å². The Balaban J connectivity index is 2.51. The highest BCUT2D eigenvalue weighted by atomic mass is 32.1. The van der Waals surface area contributed by atoms with Gasteiger partial charge in [-0.05, 0) is 31.7 Å². The maximum absolute atomic E-state index is 4.32. The van der Waals surface area contributed by atoms with Gasteiger partial charge in [0.05, 0.1) is 5.01 Å². The molecule has 1 rings (SSSR count). The monoisotopic (exact) mass is 240 g/mol. The van der Waals surface area contributed by atoms with Gasteiger partial charge in [0, 0.05) is 17.1 Å². The molecule has 1 unspecified atom stereocenters. The van der Waals surface area contributed by atoms with E-state index in [0.29, 0.717) is 17.9 Å². The van der Waals surface area contributed by atoms with Crippen LogP contribution in [0.5, 0.6) is 0 Å². The number of hydrogen-bond donors (Lipinski definition) is 1. The van der Waals surface area contributed by atoms with E-state index >= 15 is 0 Å². The quantitative estimate of drug-likeness (QED) is 0.825. The van der Waals surface area contributed by atoms with Crippen LogP contribution in [0.1, 0.15) is 37.6 Å². The fourth-order valence-electron chi connectivity index (χ4n) is 1.69. The first-order valence-electron chi connectivity index (χ1n) is 6.13. The molecule has 0 aromatic carbocycles. The van der Waals surface area contributed by atoms with Crippen molar-refractivity contribution >= 4 is 11.3 Å². The summed E-state index contributed by atoms with van der Waals surface area (Å²) in [6.45, 7) is 12.2. The molecule has 92 valence electrons. The van der Waals surface area contributed by atoms with Crippen molar-refractivity contribution in [2.45, 2.75) is 47.1 Å². The average molecular weight is 240 g/mol. The van der Waals surface area contributed by atoms with E-state index in [4.69, 9.17) is 0 Å². The fraction of sp³-hybridized carbons (Fsp3) is 0.769. The summed E-state index contributed by atoms with van der Waals surface area (Å²) in [6.07, 6.45) is 3.19. The van der Waals surface area contributed by atoms with Crippen LogP contribution in [0.25, 0.3) is 0 Å². The minimum absolute atomic E-state index is 0.574. The van der Waals surface area contributed by atoms with E-state index in [1.807, 2.05) is 17.5 Å². The Kier molecular flexibility index (Phi) is 5.42. The van der Waals surface area contributed by atoms with Crippen molar-refractivity contribution in [3.63, 3.8) is 0 Å². The second-order valence-electron chi connectivity index (χ2n) is 5.12. The molecule has 0 saturated carbocycles. The number of hydrogen-bond acceptors (Lipinski definition) is 3. The Hall–Kier alpha value is -0.410. The smallest absolute Gasteiger partial charge is 0.0896 e. The van der Waals surface area contributed by atoms with E-state index in [1.165, 1.54) is 9.88 Å². The van der Waals surface area contributed by atoms with Crippen LogP contribution in [-0.2, 0) is 6.42 Å². The minimum Gasteiger partial charge on any atom is -0.314 e. The third kappa shape index (κ3) is 4.62. The summed E-state index contributed by atoms with van der Waals surface area (Å²) in [5.41, 5.74) is 0. The second-order valence-corrected chi connectivity index (χ2v) is 6.44. The molecule has 1 heterocycles. The van der Waals surface area contributed by atoms with Gasteiger partial charge in [-0.25, -0.2) is 4.98 Å². The first kappa shape index (κ1) is 13.7. The highest BCUT2D eigenvalue weighted by Crippen LogP contribution is 2.21. The van der Waals surface area contributed by atoms with Gasteiger partial charge >= 0.3 is 0 Å². The maximum atomic E-state index is 4.32. The molecule has 0 radical (unpaired) electrons. The van der Waals surface area contributed by atoms with Crippen LogP contribution < -0.4 is 5.32 Å². The summed E-state index contributed by atoms with van der Waals surface area (Å²) < 4.78 is 0. The predicted octanol–water partition coefficient (Wildman–Crippen LogP) is 3.26. The Labute approximate surface area is 103 Å². The molecule has 1 aromatic rings. The molecule has 1 aromatic heterocycles. The summed E-state index contributed by atoms with van der Waals surface area (Å²) in [7, 11) is 0. The van der Waals surface area contributed by atoms with Gasteiger partial charge in [-0.1, -0.05) is 27.7 Å². The molecule has 0 aliphatic rings. The molecule has 1 atom stereocenters. The van der Waals surface area contributed by atoms with E-state index in [0.717, 1.165) is 13.0 Å². The lowest BCUT2D eigenvalue weighted by molar-refractivity contribution is 0.351. The van der Waals surface area contributed by atoms with Crippen molar-refractivity contribution in [1.82, 2.24) is 10.3 Å². The van der Waals surface area contributed by atoms with Gasteiger partial charge in [0.25, 0.3) is 0 Å². The topological polar surface area (TPSA) is 24.9 Å². The lowest BCUT2D eigenvalue weighted by atomic mass is 9.92. The Morgan fingerprint density at radius 2 is 2.00 bits per heavy atom. The summed E-state index contributed by atoms with van der Waals surface area (Å²) in [4.78, 5) is 5.74. The molecule has 0 spiro atoms. The first-order chi connectivity index (χ1) is 7.49. The van der Waals surface area contributed by atoms with Crippen molar-refractivity contribution < 1.29 is 0 Å². The molecule has 0 fully saturated rings. The van der Waals surface area contributed by atoms with E-state index in [1.54, 1.807) is 0 Å². The zero-order valence-electron chi connectivity index (χ0n) is 11.1. The van der Waals surface area contributed by atoms with Crippen LogP contribution in [0.3, 0.4) is 0 Å². The maximum Gasteiger partial charge on any atom is 0.0896 e. The Morgan fingerprint density at radius 3 is 2.44 bits per heavy atom. The zero-order chi connectivity index (χ0) is 12.1. The highest BCUT2D eigenvalue weighted by Gasteiger charge is 2.15. The predicted molar refractivity (Wildman–Crippen MR) is 72.0 cm³/mol. The number of rotatable bonds is 6. The van der Waals surface area contributed by atoms with Crippen LogP contribution in [0.2, 0.25) is 0 Å². The van der Waals surface area contributed by atoms with Gasteiger partial charge in [0.15, 0.2) is 0 Å². The molecule has 0 aliphatic carbocycles. The molecule has 2 nitrogen and oxygen atoms in total. The normalized spacial score (nSPS) is 13.7. The number of aromatic nitrogens is 1. The summed E-state index contributed by atoms with van der Waals surface area (Å²) in [6, 6.07) is 0.574. The zero-order valence-corrected chi connectivity index (χ0v) is 11.9. The van der Waals surface area contributed by atoms with Gasteiger partial charge in [0.2, 0.25) is 0 Å². The van der Waals surface area contributed by atoms with Crippen molar-refractivity contribution in [3.05, 3.63) is 16.1 Å². The SMILES string of the molecule is Cc1ncc(CC(CNC(C)C)C(C)C)s1. The molecule has 3 heteroatoms. The number of nitrogens with one attached hydrogen (secondary N) is 1. The molecule has 16 heavy (non-hydrogen) atoms. The standard InChI is InChI=1S/C13H24N2S/c1-9(2)12(7-14-10(3)4)6-13-8-15-11(5)16-13/h8-10,12,14H,6-7H2,1-5H3. The Bertz CT molecular complexity index is 305. The van der Waals surface area contributed by atoms with Gasteiger partial charge in [0.1, 0.15) is 0 Å². The van der Waals surface area contributed by atoms with Gasteiger partial charge < -0.3 is 5.32 Å². The average Bonchev–Trinajstić information content (AvgIpc) is 2.57. The summed E-state index contributed by atoms with van der Waals surface area (Å²) in [5, 5.41) is 4.71. The first-order valence-corrected chi connectivity index (χ1v) is 6.95. The number of aryl methyl sites for hydroxylation is 1. The van der Waals surface area contributed by atoms with E-state index < -0.39 is 0 Å². The van der Waals surface area contributed by atoms with Crippen LogP contribution in [-0.4, -0.2) is 17.6 Å². The minimum atomic E-state index is 0.574. The Morgan fingerprint density at radius 1 is 1.31 bits per heavy atom. The summed E-state index contributed by atoms with van der Waals surface area (Å²) in [5.74, 6) is 1.43. The molecular weight excluding hydrogens is 216 g/mol. The molecule has 1 N–H and O–H groups in total. The van der Waals surface area contributed by atoms with Crippen LogP contribution in [0.15, 0.2) is 6.20 Å². The molecule has 0 saturated heterocycles. The van der Waals surface area contributed by atoms with Crippen LogP contribution in [0.4, 0.5) is 0 Å². The highest BCUT2D eigenvalue weighted by molar-refractivity contribution is 7.11. The molecule has 0 bridgehead atoms.